The SMILES string of the molecule is CC(C)(C)NCCC(=O)Nc1sc2c(c1-c1nc3ccccc3s1)CCN(C(=O)OC(C)(C)C)C2. The summed E-state index contributed by atoms with van der Waals surface area (Å²) >= 11 is 3.17. The number of carbonyl (C=O) groups excluding carboxylic acids is 2. The van der Waals surface area contributed by atoms with Crippen molar-refractivity contribution in [1.82, 2.24) is 15.2 Å². The van der Waals surface area contributed by atoms with Gasteiger partial charge in [-0.25, -0.2) is 9.78 Å². The van der Waals surface area contributed by atoms with E-state index >= 15 is 0 Å². The predicted octanol–water partition coefficient (Wildman–Crippen LogP) is 6.03. The highest BCUT2D eigenvalue weighted by molar-refractivity contribution is 7.22. The molecule has 0 radical (unpaired) electrons. The summed E-state index contributed by atoms with van der Waals surface area (Å²) in [5.74, 6) is -0.0355. The minimum atomic E-state index is -0.542. The molecule has 2 amide bonds. The number of nitrogens with zero attached hydrogens (tertiary/aromatic N) is 2. The van der Waals surface area contributed by atoms with Crippen molar-refractivity contribution in [3.8, 4) is 10.6 Å². The van der Waals surface area contributed by atoms with Crippen LogP contribution in [0.5, 0.6) is 0 Å². The van der Waals surface area contributed by atoms with E-state index in [9.17, 15) is 9.59 Å². The number of nitrogens with one attached hydrogen (secondary N) is 2. The van der Waals surface area contributed by atoms with Gasteiger partial charge in [0.1, 0.15) is 15.6 Å². The number of aromatic nitrogens is 1. The van der Waals surface area contributed by atoms with Crippen molar-refractivity contribution < 1.29 is 14.3 Å². The monoisotopic (exact) mass is 514 g/mol. The van der Waals surface area contributed by atoms with Crippen LogP contribution in [0.3, 0.4) is 0 Å². The Balaban J connectivity index is 1.62. The van der Waals surface area contributed by atoms with Crippen LogP contribution in [-0.2, 0) is 22.5 Å². The molecule has 0 fully saturated rings. The van der Waals surface area contributed by atoms with Crippen LogP contribution in [0.25, 0.3) is 20.8 Å². The lowest BCUT2D eigenvalue weighted by Crippen LogP contribution is -2.39. The molecule has 2 aromatic heterocycles. The summed E-state index contributed by atoms with van der Waals surface area (Å²) < 4.78 is 6.71. The van der Waals surface area contributed by atoms with E-state index in [4.69, 9.17) is 9.72 Å². The Morgan fingerprint density at radius 1 is 1.11 bits per heavy atom. The third-order valence-electron chi connectivity index (χ3n) is 5.48. The van der Waals surface area contributed by atoms with Crippen LogP contribution in [0.15, 0.2) is 24.3 Å². The number of amides is 2. The first-order valence-electron chi connectivity index (χ1n) is 11.9. The number of para-hydroxylation sites is 1. The zero-order chi connectivity index (χ0) is 25.4. The van der Waals surface area contributed by atoms with E-state index in [0.717, 1.165) is 36.2 Å². The molecule has 3 heterocycles. The fourth-order valence-electron chi connectivity index (χ4n) is 3.92. The van der Waals surface area contributed by atoms with Gasteiger partial charge < -0.3 is 20.3 Å². The summed E-state index contributed by atoms with van der Waals surface area (Å²) in [6, 6.07) is 8.07. The van der Waals surface area contributed by atoms with E-state index in [1.807, 2.05) is 39.0 Å². The first-order valence-corrected chi connectivity index (χ1v) is 13.6. The molecule has 1 aliphatic rings. The van der Waals surface area contributed by atoms with Crippen LogP contribution in [0.4, 0.5) is 9.80 Å². The maximum absolute atomic E-state index is 12.9. The molecule has 0 atom stereocenters. The Kier molecular flexibility index (Phi) is 7.22. The fraction of sp³-hybridized carbons (Fsp3) is 0.500. The van der Waals surface area contributed by atoms with Gasteiger partial charge in [0.2, 0.25) is 5.91 Å². The Bertz CT molecular complexity index is 1200. The Labute approximate surface area is 214 Å². The van der Waals surface area contributed by atoms with Crippen LogP contribution in [-0.4, -0.2) is 46.1 Å². The smallest absolute Gasteiger partial charge is 0.410 e. The molecular weight excluding hydrogens is 480 g/mol. The van der Waals surface area contributed by atoms with E-state index in [1.165, 1.54) is 11.3 Å². The first kappa shape index (κ1) is 25.6. The van der Waals surface area contributed by atoms with E-state index in [-0.39, 0.29) is 17.5 Å². The second-order valence-corrected chi connectivity index (χ2v) is 13.0. The predicted molar refractivity (Wildman–Crippen MR) is 144 cm³/mol. The average molecular weight is 515 g/mol. The van der Waals surface area contributed by atoms with E-state index in [1.54, 1.807) is 16.2 Å². The summed E-state index contributed by atoms with van der Waals surface area (Å²) in [5, 5.41) is 8.22. The second-order valence-electron chi connectivity index (χ2n) is 10.8. The number of anilines is 1. The largest absolute Gasteiger partial charge is 0.444 e. The quantitative estimate of drug-likeness (QED) is 0.434. The van der Waals surface area contributed by atoms with Gasteiger partial charge in [0.05, 0.1) is 16.8 Å². The van der Waals surface area contributed by atoms with Gasteiger partial charge in [0, 0.05) is 35.5 Å². The first-order chi connectivity index (χ1) is 16.4. The summed E-state index contributed by atoms with van der Waals surface area (Å²) in [5.41, 5.74) is 2.52. The molecule has 188 valence electrons. The lowest BCUT2D eigenvalue weighted by Gasteiger charge is -2.30. The number of carbonyl (C=O) groups is 2. The summed E-state index contributed by atoms with van der Waals surface area (Å²) in [6.07, 6.45) is 0.762. The minimum absolute atomic E-state index is 0.0355. The van der Waals surface area contributed by atoms with Gasteiger partial charge in [-0.1, -0.05) is 12.1 Å². The topological polar surface area (TPSA) is 83.6 Å². The molecule has 0 saturated carbocycles. The normalized spacial score (nSPS) is 14.2. The maximum Gasteiger partial charge on any atom is 0.410 e. The van der Waals surface area contributed by atoms with E-state index < -0.39 is 5.60 Å². The number of hydrogen-bond acceptors (Lipinski definition) is 7. The van der Waals surface area contributed by atoms with Gasteiger partial charge in [0.25, 0.3) is 0 Å². The van der Waals surface area contributed by atoms with Gasteiger partial charge in [-0.05, 0) is 65.7 Å². The molecule has 7 nitrogen and oxygen atoms in total. The number of rotatable bonds is 5. The lowest BCUT2D eigenvalue weighted by molar-refractivity contribution is -0.116. The van der Waals surface area contributed by atoms with Crippen molar-refractivity contribution in [3.05, 3.63) is 34.7 Å². The third-order valence-corrected chi connectivity index (χ3v) is 7.66. The summed E-state index contributed by atoms with van der Waals surface area (Å²) in [6.45, 7) is 13.5. The molecule has 0 unspecified atom stereocenters. The average Bonchev–Trinajstić information content (AvgIpc) is 3.31. The van der Waals surface area contributed by atoms with E-state index in [2.05, 4.69) is 37.5 Å². The zero-order valence-electron chi connectivity index (χ0n) is 21.3. The molecule has 2 N–H and O–H groups in total. The van der Waals surface area contributed by atoms with Crippen LogP contribution in [0.2, 0.25) is 0 Å². The molecule has 0 spiro atoms. The number of thiophene rings is 1. The van der Waals surface area contributed by atoms with Crippen molar-refractivity contribution >= 4 is 49.9 Å². The Morgan fingerprint density at radius 3 is 2.54 bits per heavy atom. The Hall–Kier alpha value is -2.49. The standard InChI is InChI=1S/C26H34N4O3S2/c1-25(2,3)27-13-11-20(31)29-23-21(22-28-17-9-7-8-10-18(17)34-22)16-12-14-30(15-19(16)35-23)24(32)33-26(4,5)6/h7-10,27H,11-15H2,1-6H3,(H,29,31). The molecule has 1 aliphatic heterocycles. The molecular formula is C26H34N4O3S2. The van der Waals surface area contributed by atoms with Crippen molar-refractivity contribution in [3.63, 3.8) is 0 Å². The van der Waals surface area contributed by atoms with Gasteiger partial charge in [-0.15, -0.1) is 22.7 Å². The summed E-state index contributed by atoms with van der Waals surface area (Å²) in [7, 11) is 0. The molecule has 0 aliphatic carbocycles. The summed E-state index contributed by atoms with van der Waals surface area (Å²) in [4.78, 5) is 33.2. The molecule has 3 aromatic rings. The van der Waals surface area contributed by atoms with Crippen molar-refractivity contribution in [2.24, 2.45) is 0 Å². The second kappa shape index (κ2) is 9.87. The van der Waals surface area contributed by atoms with Gasteiger partial charge in [-0.2, -0.15) is 0 Å². The van der Waals surface area contributed by atoms with Crippen LogP contribution in [0.1, 0.15) is 58.4 Å². The number of ether oxygens (including phenoxy) is 1. The molecule has 0 bridgehead atoms. The number of fused-ring (bicyclic) bond motifs is 2. The molecule has 0 saturated heterocycles. The highest BCUT2D eigenvalue weighted by atomic mass is 32.1. The fourth-order valence-corrected chi connectivity index (χ4v) is 6.31. The number of thiazole rings is 1. The van der Waals surface area contributed by atoms with E-state index in [0.29, 0.717) is 32.5 Å². The molecule has 35 heavy (non-hydrogen) atoms. The number of benzene rings is 1. The molecule has 9 heteroatoms. The number of hydrogen-bond donors (Lipinski definition) is 2. The van der Waals surface area contributed by atoms with Crippen molar-refractivity contribution in [2.75, 3.05) is 18.4 Å². The van der Waals surface area contributed by atoms with Crippen LogP contribution >= 0.6 is 22.7 Å². The van der Waals surface area contributed by atoms with Gasteiger partial charge in [0.15, 0.2) is 0 Å². The molecule has 1 aromatic carbocycles. The highest BCUT2D eigenvalue weighted by Crippen LogP contribution is 2.45. The Morgan fingerprint density at radius 2 is 1.86 bits per heavy atom. The minimum Gasteiger partial charge on any atom is -0.444 e. The zero-order valence-corrected chi connectivity index (χ0v) is 22.9. The third kappa shape index (κ3) is 6.39. The maximum atomic E-state index is 12.9. The van der Waals surface area contributed by atoms with Crippen LogP contribution in [0, 0.1) is 0 Å². The van der Waals surface area contributed by atoms with Gasteiger partial charge in [-0.3, -0.25) is 4.79 Å². The molecule has 4 rings (SSSR count). The van der Waals surface area contributed by atoms with Crippen molar-refractivity contribution in [1.29, 1.82) is 0 Å². The van der Waals surface area contributed by atoms with Gasteiger partial charge >= 0.3 is 6.09 Å². The van der Waals surface area contributed by atoms with Crippen LogP contribution < -0.4 is 10.6 Å². The van der Waals surface area contributed by atoms with Crippen molar-refractivity contribution in [2.45, 2.75) is 72.1 Å². The lowest BCUT2D eigenvalue weighted by atomic mass is 10.0. The highest BCUT2D eigenvalue weighted by Gasteiger charge is 2.31.